The van der Waals surface area contributed by atoms with E-state index in [1.54, 1.807) is 25.6 Å². The average Bonchev–Trinajstić information content (AvgIpc) is 2.90. The molecular formula is C14H15ClO2S. The van der Waals surface area contributed by atoms with Crippen molar-refractivity contribution in [3.05, 3.63) is 46.2 Å². The lowest BCUT2D eigenvalue weighted by Crippen LogP contribution is -2.01. The molecule has 1 heterocycles. The van der Waals surface area contributed by atoms with Crippen LogP contribution in [0, 0.1) is 0 Å². The van der Waals surface area contributed by atoms with Gasteiger partial charge in [0.15, 0.2) is 0 Å². The molecule has 2 aromatic rings. The van der Waals surface area contributed by atoms with Crippen LogP contribution in [-0.4, -0.2) is 14.2 Å². The first-order valence-corrected chi connectivity index (χ1v) is 7.00. The molecule has 0 saturated carbocycles. The number of alkyl halides is 1. The van der Waals surface area contributed by atoms with Gasteiger partial charge in [0.1, 0.15) is 11.5 Å². The number of rotatable bonds is 5. The van der Waals surface area contributed by atoms with Gasteiger partial charge in [-0.1, -0.05) is 6.07 Å². The second-order valence-electron chi connectivity index (χ2n) is 3.88. The fourth-order valence-corrected chi connectivity index (χ4v) is 2.98. The number of hydrogen-bond acceptors (Lipinski definition) is 3. The van der Waals surface area contributed by atoms with Crippen molar-refractivity contribution in [3.63, 3.8) is 0 Å². The molecule has 0 fully saturated rings. The van der Waals surface area contributed by atoms with Crippen molar-refractivity contribution in [2.45, 2.75) is 11.8 Å². The molecule has 0 aliphatic rings. The third-order valence-electron chi connectivity index (χ3n) is 2.77. The van der Waals surface area contributed by atoms with Gasteiger partial charge in [0.25, 0.3) is 0 Å². The van der Waals surface area contributed by atoms with Gasteiger partial charge in [0.05, 0.1) is 25.2 Å². The van der Waals surface area contributed by atoms with Gasteiger partial charge in [-0.15, -0.1) is 11.6 Å². The third-order valence-corrected chi connectivity index (χ3v) is 3.88. The van der Waals surface area contributed by atoms with Crippen LogP contribution in [0.15, 0.2) is 35.0 Å². The quantitative estimate of drug-likeness (QED) is 0.762. The van der Waals surface area contributed by atoms with Crippen LogP contribution in [0.5, 0.6) is 11.5 Å². The Morgan fingerprint density at radius 2 is 1.83 bits per heavy atom. The molecule has 1 aromatic carbocycles. The molecule has 1 unspecified atom stereocenters. The third kappa shape index (κ3) is 2.79. The lowest BCUT2D eigenvalue weighted by Gasteiger charge is -2.17. The van der Waals surface area contributed by atoms with Crippen molar-refractivity contribution in [3.8, 4) is 11.5 Å². The van der Waals surface area contributed by atoms with Gasteiger partial charge >= 0.3 is 0 Å². The van der Waals surface area contributed by atoms with Gasteiger partial charge in [-0.05, 0) is 40.9 Å². The van der Waals surface area contributed by atoms with Crippen molar-refractivity contribution in [2.75, 3.05) is 14.2 Å². The highest BCUT2D eigenvalue weighted by atomic mass is 35.5. The molecule has 0 aliphatic heterocycles. The summed E-state index contributed by atoms with van der Waals surface area (Å²) in [6.07, 6.45) is 0.766. The maximum Gasteiger partial charge on any atom is 0.127 e. The zero-order valence-corrected chi connectivity index (χ0v) is 11.9. The predicted octanol–water partition coefficient (Wildman–Crippen LogP) is 4.29. The Morgan fingerprint density at radius 3 is 2.33 bits per heavy atom. The summed E-state index contributed by atoms with van der Waals surface area (Å²) in [6.45, 7) is 0. The molecule has 0 saturated heterocycles. The van der Waals surface area contributed by atoms with E-state index in [0.29, 0.717) is 0 Å². The molecule has 18 heavy (non-hydrogen) atoms. The van der Waals surface area contributed by atoms with E-state index in [1.807, 2.05) is 18.2 Å². The Hall–Kier alpha value is -1.19. The van der Waals surface area contributed by atoms with E-state index >= 15 is 0 Å². The van der Waals surface area contributed by atoms with E-state index in [0.717, 1.165) is 23.5 Å². The number of hydrogen-bond donors (Lipinski definition) is 0. The maximum absolute atomic E-state index is 6.51. The van der Waals surface area contributed by atoms with Crippen LogP contribution >= 0.6 is 22.9 Å². The summed E-state index contributed by atoms with van der Waals surface area (Å²) >= 11 is 8.19. The standard InChI is InChI=1S/C14H15ClO2S/c1-16-12-4-3-5-13(17-2)14(12)11(15)8-10-6-7-18-9-10/h3-7,9,11H,8H2,1-2H3. The molecule has 0 radical (unpaired) electrons. The molecule has 4 heteroatoms. The summed E-state index contributed by atoms with van der Waals surface area (Å²) in [4.78, 5) is 0. The molecular weight excluding hydrogens is 268 g/mol. The highest BCUT2D eigenvalue weighted by Crippen LogP contribution is 2.39. The Morgan fingerprint density at radius 1 is 1.17 bits per heavy atom. The SMILES string of the molecule is COc1cccc(OC)c1C(Cl)Cc1ccsc1. The summed E-state index contributed by atoms with van der Waals surface area (Å²) in [5.41, 5.74) is 2.14. The minimum Gasteiger partial charge on any atom is -0.496 e. The topological polar surface area (TPSA) is 18.5 Å². The van der Waals surface area contributed by atoms with Gasteiger partial charge in [0.2, 0.25) is 0 Å². The number of thiophene rings is 1. The summed E-state index contributed by atoms with van der Waals surface area (Å²) in [6, 6.07) is 7.79. The Labute approximate surface area is 116 Å². The molecule has 0 amide bonds. The van der Waals surface area contributed by atoms with Gasteiger partial charge < -0.3 is 9.47 Å². The molecule has 1 aromatic heterocycles. The van der Waals surface area contributed by atoms with Crippen LogP contribution in [0.1, 0.15) is 16.5 Å². The van der Waals surface area contributed by atoms with Gasteiger partial charge in [-0.25, -0.2) is 0 Å². The van der Waals surface area contributed by atoms with E-state index in [4.69, 9.17) is 21.1 Å². The number of ether oxygens (including phenoxy) is 2. The highest BCUT2D eigenvalue weighted by molar-refractivity contribution is 7.07. The van der Waals surface area contributed by atoms with E-state index < -0.39 is 0 Å². The van der Waals surface area contributed by atoms with E-state index in [9.17, 15) is 0 Å². The van der Waals surface area contributed by atoms with Crippen LogP contribution in [-0.2, 0) is 6.42 Å². The molecule has 0 bridgehead atoms. The lowest BCUT2D eigenvalue weighted by atomic mass is 10.0. The van der Waals surface area contributed by atoms with E-state index in [1.165, 1.54) is 5.56 Å². The van der Waals surface area contributed by atoms with Crippen LogP contribution in [0.4, 0.5) is 0 Å². The minimum absolute atomic E-state index is 0.161. The Bertz CT molecular complexity index is 474. The zero-order chi connectivity index (χ0) is 13.0. The van der Waals surface area contributed by atoms with E-state index in [2.05, 4.69) is 16.8 Å². The normalized spacial score (nSPS) is 12.2. The van der Waals surface area contributed by atoms with Crippen molar-refractivity contribution in [2.24, 2.45) is 0 Å². The van der Waals surface area contributed by atoms with Crippen LogP contribution in [0.3, 0.4) is 0 Å². The van der Waals surface area contributed by atoms with Crippen LogP contribution < -0.4 is 9.47 Å². The number of halogens is 1. The second kappa shape index (κ2) is 6.12. The Balaban J connectivity index is 2.30. The molecule has 0 aliphatic carbocycles. The molecule has 96 valence electrons. The lowest BCUT2D eigenvalue weighted by molar-refractivity contribution is 0.384. The Kier molecular flexibility index (Phi) is 4.50. The smallest absolute Gasteiger partial charge is 0.127 e. The summed E-state index contributed by atoms with van der Waals surface area (Å²) in [5.74, 6) is 1.54. The van der Waals surface area contributed by atoms with Gasteiger partial charge in [-0.3, -0.25) is 0 Å². The molecule has 2 rings (SSSR count). The largest absolute Gasteiger partial charge is 0.496 e. The predicted molar refractivity (Wildman–Crippen MR) is 76.2 cm³/mol. The fraction of sp³-hybridized carbons (Fsp3) is 0.286. The van der Waals surface area contributed by atoms with Crippen molar-refractivity contribution >= 4 is 22.9 Å². The number of methoxy groups -OCH3 is 2. The van der Waals surface area contributed by atoms with Crippen molar-refractivity contribution in [1.29, 1.82) is 0 Å². The zero-order valence-electron chi connectivity index (χ0n) is 10.4. The summed E-state index contributed by atoms with van der Waals surface area (Å²) in [7, 11) is 3.29. The van der Waals surface area contributed by atoms with E-state index in [-0.39, 0.29) is 5.38 Å². The second-order valence-corrected chi connectivity index (χ2v) is 5.19. The first-order valence-electron chi connectivity index (χ1n) is 5.62. The average molecular weight is 283 g/mol. The fourth-order valence-electron chi connectivity index (χ4n) is 1.91. The first-order chi connectivity index (χ1) is 8.76. The highest BCUT2D eigenvalue weighted by Gasteiger charge is 2.19. The summed E-state index contributed by atoms with van der Waals surface area (Å²) in [5, 5.41) is 4.00. The number of benzene rings is 1. The van der Waals surface area contributed by atoms with Crippen molar-refractivity contribution in [1.82, 2.24) is 0 Å². The maximum atomic E-state index is 6.51. The molecule has 0 N–H and O–H groups in total. The molecule has 0 spiro atoms. The van der Waals surface area contributed by atoms with Gasteiger partial charge in [0, 0.05) is 0 Å². The molecule has 1 atom stereocenters. The minimum atomic E-state index is -0.161. The first kappa shape index (κ1) is 13.2. The van der Waals surface area contributed by atoms with Crippen molar-refractivity contribution < 1.29 is 9.47 Å². The van der Waals surface area contributed by atoms with Crippen LogP contribution in [0.2, 0.25) is 0 Å². The molecule has 2 nitrogen and oxygen atoms in total. The van der Waals surface area contributed by atoms with Crippen LogP contribution in [0.25, 0.3) is 0 Å². The summed E-state index contributed by atoms with van der Waals surface area (Å²) < 4.78 is 10.7. The van der Waals surface area contributed by atoms with Gasteiger partial charge in [-0.2, -0.15) is 11.3 Å². The monoisotopic (exact) mass is 282 g/mol.